The van der Waals surface area contributed by atoms with Crippen LogP contribution in [-0.2, 0) is 14.3 Å². The van der Waals surface area contributed by atoms with Crippen molar-refractivity contribution in [1.29, 1.82) is 0 Å². The second-order valence-electron chi connectivity index (χ2n) is 3.55. The molecule has 0 radical (unpaired) electrons. The molecule has 0 fully saturated rings. The van der Waals surface area contributed by atoms with Crippen molar-refractivity contribution in [3.8, 4) is 0 Å². The summed E-state index contributed by atoms with van der Waals surface area (Å²) in [6.07, 6.45) is 7.91. The summed E-state index contributed by atoms with van der Waals surface area (Å²) >= 11 is 0. The van der Waals surface area contributed by atoms with Crippen LogP contribution in [-0.4, -0.2) is 18.4 Å². The van der Waals surface area contributed by atoms with Gasteiger partial charge in [-0.25, -0.2) is 4.79 Å². The molecule has 0 aliphatic heterocycles. The quantitative estimate of drug-likeness (QED) is 0.379. The zero-order valence-corrected chi connectivity index (χ0v) is 10.3. The Bertz CT molecular complexity index is 288. The maximum atomic E-state index is 11.2. The number of hydrogen-bond acceptors (Lipinski definition) is 3. The molecule has 0 unspecified atom stereocenters. The molecule has 0 amide bonds. The number of carbonyl (C=O) groups excluding carboxylic acids is 2. The van der Waals surface area contributed by atoms with Crippen LogP contribution in [0.25, 0.3) is 0 Å². The average Bonchev–Trinajstić information content (AvgIpc) is 2.22. The fraction of sp³-hybridized carbons (Fsp3) is 0.538. The van der Waals surface area contributed by atoms with Crippen molar-refractivity contribution >= 4 is 11.8 Å². The summed E-state index contributed by atoms with van der Waals surface area (Å²) in [6, 6.07) is 0. The highest BCUT2D eigenvalue weighted by Crippen LogP contribution is 2.03. The van der Waals surface area contributed by atoms with Crippen LogP contribution >= 0.6 is 0 Å². The number of hydrogen-bond donors (Lipinski definition) is 0. The van der Waals surface area contributed by atoms with Gasteiger partial charge >= 0.3 is 5.97 Å². The minimum Gasteiger partial charge on any atom is -0.463 e. The van der Waals surface area contributed by atoms with Crippen molar-refractivity contribution in [3.63, 3.8) is 0 Å². The molecule has 0 aromatic rings. The molecule has 16 heavy (non-hydrogen) atoms. The number of carbonyl (C=O) groups is 2. The zero-order chi connectivity index (χ0) is 12.4. The SMILES string of the molecule is CCOC(=O)/C(C)=C/CCC/C=C/C(C)=O. The summed E-state index contributed by atoms with van der Waals surface area (Å²) < 4.78 is 4.85. The van der Waals surface area contributed by atoms with Crippen LogP contribution in [0.1, 0.15) is 40.0 Å². The minimum atomic E-state index is -0.248. The molecule has 0 saturated carbocycles. The van der Waals surface area contributed by atoms with Gasteiger partial charge < -0.3 is 4.74 Å². The van der Waals surface area contributed by atoms with Gasteiger partial charge in [-0.15, -0.1) is 0 Å². The van der Waals surface area contributed by atoms with E-state index in [1.807, 2.05) is 12.2 Å². The van der Waals surface area contributed by atoms with E-state index in [9.17, 15) is 9.59 Å². The van der Waals surface area contributed by atoms with E-state index in [2.05, 4.69) is 0 Å². The molecule has 0 aliphatic carbocycles. The van der Waals surface area contributed by atoms with Gasteiger partial charge in [-0.2, -0.15) is 0 Å². The van der Waals surface area contributed by atoms with Crippen LogP contribution < -0.4 is 0 Å². The highest BCUT2D eigenvalue weighted by Gasteiger charge is 2.02. The van der Waals surface area contributed by atoms with E-state index in [0.29, 0.717) is 12.2 Å². The number of ether oxygens (including phenoxy) is 1. The number of allylic oxidation sites excluding steroid dienone is 3. The lowest BCUT2D eigenvalue weighted by Gasteiger charge is -2.00. The molecule has 0 aromatic heterocycles. The first-order chi connectivity index (χ1) is 7.57. The Morgan fingerprint density at radius 3 is 2.44 bits per heavy atom. The highest BCUT2D eigenvalue weighted by atomic mass is 16.5. The second kappa shape index (κ2) is 8.89. The highest BCUT2D eigenvalue weighted by molar-refractivity contribution is 5.87. The largest absolute Gasteiger partial charge is 0.463 e. The predicted octanol–water partition coefficient (Wildman–Crippen LogP) is 2.81. The molecule has 0 rings (SSSR count). The molecule has 0 bridgehead atoms. The van der Waals surface area contributed by atoms with Crippen LogP contribution in [0, 0.1) is 0 Å². The Kier molecular flexibility index (Phi) is 8.12. The Morgan fingerprint density at radius 2 is 1.88 bits per heavy atom. The minimum absolute atomic E-state index is 0.0678. The first-order valence-electron chi connectivity index (χ1n) is 5.59. The van der Waals surface area contributed by atoms with Crippen molar-refractivity contribution < 1.29 is 14.3 Å². The molecule has 0 spiro atoms. The third-order valence-corrected chi connectivity index (χ3v) is 1.98. The fourth-order valence-corrected chi connectivity index (χ4v) is 1.13. The Hall–Kier alpha value is -1.38. The first-order valence-corrected chi connectivity index (χ1v) is 5.59. The van der Waals surface area contributed by atoms with Crippen LogP contribution in [0.3, 0.4) is 0 Å². The van der Waals surface area contributed by atoms with Gasteiger partial charge in [0.15, 0.2) is 5.78 Å². The number of unbranched alkanes of at least 4 members (excludes halogenated alkanes) is 2. The molecule has 0 saturated heterocycles. The summed E-state index contributed by atoms with van der Waals surface area (Å²) in [5, 5.41) is 0. The van der Waals surface area contributed by atoms with Crippen LogP contribution in [0.4, 0.5) is 0 Å². The van der Waals surface area contributed by atoms with Gasteiger partial charge in [0.2, 0.25) is 0 Å². The number of esters is 1. The Labute approximate surface area is 97.2 Å². The first kappa shape index (κ1) is 14.6. The molecular weight excluding hydrogens is 204 g/mol. The van der Waals surface area contributed by atoms with Crippen LogP contribution in [0.5, 0.6) is 0 Å². The average molecular weight is 224 g/mol. The van der Waals surface area contributed by atoms with Gasteiger partial charge in [0, 0.05) is 5.57 Å². The standard InChI is InChI=1S/C13H20O3/c1-4-16-13(15)11(2)9-7-5-6-8-10-12(3)14/h8-10H,4-7H2,1-3H3/b10-8+,11-9+. The lowest BCUT2D eigenvalue weighted by atomic mass is 10.1. The van der Waals surface area contributed by atoms with Gasteiger partial charge in [0.25, 0.3) is 0 Å². The molecule has 3 heteroatoms. The van der Waals surface area contributed by atoms with E-state index >= 15 is 0 Å². The molecule has 0 N–H and O–H groups in total. The topological polar surface area (TPSA) is 43.4 Å². The van der Waals surface area contributed by atoms with Gasteiger partial charge in [-0.05, 0) is 46.1 Å². The fourth-order valence-electron chi connectivity index (χ4n) is 1.13. The van der Waals surface area contributed by atoms with Crippen molar-refractivity contribution in [2.45, 2.75) is 40.0 Å². The predicted molar refractivity (Wildman–Crippen MR) is 64.1 cm³/mol. The zero-order valence-electron chi connectivity index (χ0n) is 10.3. The molecule has 0 atom stereocenters. The summed E-state index contributed by atoms with van der Waals surface area (Å²) in [5.74, 6) is -0.181. The third kappa shape index (κ3) is 7.97. The Balaban J connectivity index is 3.75. The lowest BCUT2D eigenvalue weighted by Crippen LogP contribution is -2.04. The monoisotopic (exact) mass is 224 g/mol. The smallest absolute Gasteiger partial charge is 0.333 e. The maximum absolute atomic E-state index is 11.2. The second-order valence-corrected chi connectivity index (χ2v) is 3.55. The summed E-state index contributed by atoms with van der Waals surface area (Å²) in [4.78, 5) is 21.8. The van der Waals surface area contributed by atoms with E-state index < -0.39 is 0 Å². The van der Waals surface area contributed by atoms with Crippen molar-refractivity contribution in [2.75, 3.05) is 6.61 Å². The molecule has 0 aliphatic rings. The molecule has 90 valence electrons. The van der Waals surface area contributed by atoms with E-state index in [1.165, 1.54) is 6.92 Å². The molecule has 0 heterocycles. The normalized spacial score (nSPS) is 11.8. The summed E-state index contributed by atoms with van der Waals surface area (Å²) in [5.41, 5.74) is 0.650. The summed E-state index contributed by atoms with van der Waals surface area (Å²) in [6.45, 7) is 5.48. The van der Waals surface area contributed by atoms with Gasteiger partial charge in [-0.3, -0.25) is 4.79 Å². The third-order valence-electron chi connectivity index (χ3n) is 1.98. The maximum Gasteiger partial charge on any atom is 0.333 e. The summed E-state index contributed by atoms with van der Waals surface area (Å²) in [7, 11) is 0. The molecule has 0 aromatic carbocycles. The van der Waals surface area contributed by atoms with E-state index in [4.69, 9.17) is 4.74 Å². The van der Waals surface area contributed by atoms with Crippen molar-refractivity contribution in [3.05, 3.63) is 23.8 Å². The number of rotatable bonds is 7. The van der Waals surface area contributed by atoms with Crippen molar-refractivity contribution in [1.82, 2.24) is 0 Å². The molecular formula is C13H20O3. The van der Waals surface area contributed by atoms with Crippen LogP contribution in [0.2, 0.25) is 0 Å². The Morgan fingerprint density at radius 1 is 1.19 bits per heavy atom. The van der Waals surface area contributed by atoms with Crippen molar-refractivity contribution in [2.24, 2.45) is 0 Å². The van der Waals surface area contributed by atoms with E-state index in [-0.39, 0.29) is 11.8 Å². The van der Waals surface area contributed by atoms with Gasteiger partial charge in [0.1, 0.15) is 0 Å². The number of ketones is 1. The van der Waals surface area contributed by atoms with Crippen LogP contribution in [0.15, 0.2) is 23.8 Å². The lowest BCUT2D eigenvalue weighted by molar-refractivity contribution is -0.138. The molecule has 3 nitrogen and oxygen atoms in total. The van der Waals surface area contributed by atoms with Gasteiger partial charge in [0.05, 0.1) is 6.61 Å². The van der Waals surface area contributed by atoms with E-state index in [1.54, 1.807) is 19.9 Å². The van der Waals surface area contributed by atoms with Gasteiger partial charge in [-0.1, -0.05) is 12.2 Å². The van der Waals surface area contributed by atoms with E-state index in [0.717, 1.165) is 19.3 Å².